The van der Waals surface area contributed by atoms with Crippen molar-refractivity contribution in [3.8, 4) is 0 Å². The lowest BCUT2D eigenvalue weighted by molar-refractivity contribution is 0.0501. The number of rotatable bonds is 6. The number of carbonyl (C=O) groups excluding carboxylic acids is 2. The molecule has 1 saturated heterocycles. The highest BCUT2D eigenvalue weighted by molar-refractivity contribution is 6.35. The number of benzene rings is 2. The van der Waals surface area contributed by atoms with Crippen LogP contribution < -0.4 is 10.6 Å². The Bertz CT molecular complexity index is 1580. The topological polar surface area (TPSA) is 125 Å². The van der Waals surface area contributed by atoms with Crippen molar-refractivity contribution in [2.24, 2.45) is 0 Å². The smallest absolute Gasteiger partial charge is 0.407 e. The molecule has 0 bridgehead atoms. The maximum Gasteiger partial charge on any atom is 0.407 e. The molecule has 4 aromatic rings. The SMILES string of the molecule is CC(Nc1ncnc2cc(C(=O)N3CCCC3CNC(=O)OC(C)(C)C)c(Cl)cc12)c1nc2cc(Cl)ccc2[nH]1. The lowest BCUT2D eigenvalue weighted by Gasteiger charge is -2.26. The number of aromatic nitrogens is 4. The van der Waals surface area contributed by atoms with E-state index < -0.39 is 11.7 Å². The molecule has 1 fully saturated rings. The van der Waals surface area contributed by atoms with E-state index in [1.165, 1.54) is 6.33 Å². The van der Waals surface area contributed by atoms with Crippen molar-refractivity contribution in [2.75, 3.05) is 18.4 Å². The van der Waals surface area contributed by atoms with Crippen LogP contribution in [-0.2, 0) is 4.74 Å². The van der Waals surface area contributed by atoms with Gasteiger partial charge in [0, 0.05) is 29.5 Å². The van der Waals surface area contributed by atoms with Crippen LogP contribution in [0.15, 0.2) is 36.7 Å². The Morgan fingerprint density at radius 1 is 1.18 bits per heavy atom. The molecule has 210 valence electrons. The third kappa shape index (κ3) is 6.08. The predicted octanol–water partition coefficient (Wildman–Crippen LogP) is 6.12. The summed E-state index contributed by atoms with van der Waals surface area (Å²) in [7, 11) is 0. The number of amides is 2. The number of nitrogens with zero attached hydrogens (tertiary/aromatic N) is 4. The van der Waals surface area contributed by atoms with Gasteiger partial charge in [-0.25, -0.2) is 19.7 Å². The van der Waals surface area contributed by atoms with E-state index in [4.69, 9.17) is 27.9 Å². The van der Waals surface area contributed by atoms with Crippen LogP contribution in [0.4, 0.5) is 10.6 Å². The van der Waals surface area contributed by atoms with E-state index in [-0.39, 0.29) is 18.0 Å². The molecule has 10 nitrogen and oxygen atoms in total. The first-order chi connectivity index (χ1) is 19.0. The Hall–Kier alpha value is -3.63. The first-order valence-corrected chi connectivity index (χ1v) is 13.9. The van der Waals surface area contributed by atoms with Crippen molar-refractivity contribution < 1.29 is 14.3 Å². The number of ether oxygens (including phenoxy) is 1. The van der Waals surface area contributed by atoms with Crippen LogP contribution in [0.25, 0.3) is 21.9 Å². The summed E-state index contributed by atoms with van der Waals surface area (Å²) in [6.07, 6.45) is 2.55. The van der Waals surface area contributed by atoms with Crippen LogP contribution in [0.2, 0.25) is 10.0 Å². The monoisotopic (exact) mass is 583 g/mol. The molecule has 5 rings (SSSR count). The van der Waals surface area contributed by atoms with E-state index in [9.17, 15) is 9.59 Å². The molecule has 40 heavy (non-hydrogen) atoms. The van der Waals surface area contributed by atoms with Crippen molar-refractivity contribution in [1.29, 1.82) is 0 Å². The van der Waals surface area contributed by atoms with Gasteiger partial charge in [-0.1, -0.05) is 23.2 Å². The number of hydrogen-bond acceptors (Lipinski definition) is 7. The first kappa shape index (κ1) is 27.9. The summed E-state index contributed by atoms with van der Waals surface area (Å²) < 4.78 is 5.33. The fourth-order valence-corrected chi connectivity index (χ4v) is 5.23. The number of alkyl carbamates (subject to hydrolysis) is 1. The van der Waals surface area contributed by atoms with Gasteiger partial charge in [-0.2, -0.15) is 0 Å². The molecule has 2 unspecified atom stereocenters. The van der Waals surface area contributed by atoms with Crippen molar-refractivity contribution in [1.82, 2.24) is 30.2 Å². The highest BCUT2D eigenvalue weighted by atomic mass is 35.5. The molecule has 2 aromatic heterocycles. The van der Waals surface area contributed by atoms with Gasteiger partial charge in [0.15, 0.2) is 0 Å². The van der Waals surface area contributed by atoms with Gasteiger partial charge >= 0.3 is 6.09 Å². The molecule has 2 aromatic carbocycles. The number of H-pyrrole nitrogens is 1. The zero-order chi connectivity index (χ0) is 28.6. The average Bonchev–Trinajstić information content (AvgIpc) is 3.53. The van der Waals surface area contributed by atoms with Crippen molar-refractivity contribution in [3.63, 3.8) is 0 Å². The van der Waals surface area contributed by atoms with Gasteiger partial charge in [0.05, 0.1) is 33.2 Å². The van der Waals surface area contributed by atoms with Gasteiger partial charge < -0.3 is 25.3 Å². The van der Waals surface area contributed by atoms with Crippen LogP contribution in [-0.4, -0.2) is 61.6 Å². The zero-order valence-corrected chi connectivity index (χ0v) is 24.2. The lowest BCUT2D eigenvalue weighted by atomic mass is 10.1. The number of anilines is 1. The minimum Gasteiger partial charge on any atom is -0.444 e. The molecule has 3 N–H and O–H groups in total. The van der Waals surface area contributed by atoms with Gasteiger partial charge in [0.25, 0.3) is 5.91 Å². The van der Waals surface area contributed by atoms with Crippen molar-refractivity contribution in [3.05, 3.63) is 58.1 Å². The molecule has 0 radical (unpaired) electrons. The van der Waals surface area contributed by atoms with E-state index in [2.05, 4.69) is 30.6 Å². The number of hydrogen-bond donors (Lipinski definition) is 3. The van der Waals surface area contributed by atoms with Crippen LogP contribution >= 0.6 is 23.2 Å². The Labute approximate surface area is 241 Å². The number of likely N-dealkylation sites (tertiary alicyclic amines) is 1. The summed E-state index contributed by atoms with van der Waals surface area (Å²) in [4.78, 5) is 44.2. The summed E-state index contributed by atoms with van der Waals surface area (Å²) in [5.41, 5.74) is 1.99. The molecular weight excluding hydrogens is 553 g/mol. The summed E-state index contributed by atoms with van der Waals surface area (Å²) in [6.45, 7) is 8.25. The molecule has 1 aliphatic heterocycles. The molecule has 2 amide bonds. The van der Waals surface area contributed by atoms with Crippen LogP contribution in [0.1, 0.15) is 62.8 Å². The quantitative estimate of drug-likeness (QED) is 0.250. The largest absolute Gasteiger partial charge is 0.444 e. The second-order valence-electron chi connectivity index (χ2n) is 10.9. The second kappa shape index (κ2) is 11.1. The number of nitrogens with one attached hydrogen (secondary N) is 3. The normalized spacial score (nSPS) is 16.4. The Kier molecular flexibility index (Phi) is 7.74. The summed E-state index contributed by atoms with van der Waals surface area (Å²) >= 11 is 12.8. The maximum absolute atomic E-state index is 13.6. The van der Waals surface area contributed by atoms with Gasteiger partial charge in [0.1, 0.15) is 23.6 Å². The third-order valence-electron chi connectivity index (χ3n) is 6.70. The molecule has 3 heterocycles. The Morgan fingerprint density at radius 2 is 1.98 bits per heavy atom. The van der Waals surface area contributed by atoms with Crippen molar-refractivity contribution >= 4 is 63.0 Å². The standard InChI is InChI=1S/C28H31Cl2N7O3/c1-15(24-35-21-8-7-16(29)10-23(21)36-24)34-25-19-11-20(30)18(12-22(19)32-14-33-25)26(38)37-9-5-6-17(37)13-31-27(39)40-28(2,3)4/h7-8,10-12,14-15,17H,5-6,9,13H2,1-4H3,(H,31,39)(H,35,36)(H,32,33,34). The third-order valence-corrected chi connectivity index (χ3v) is 7.25. The molecule has 2 atom stereocenters. The maximum atomic E-state index is 13.6. The Balaban J connectivity index is 1.34. The lowest BCUT2D eigenvalue weighted by Crippen LogP contribution is -2.44. The fourth-order valence-electron chi connectivity index (χ4n) is 4.82. The number of carbonyl (C=O) groups is 2. The number of fused-ring (bicyclic) bond motifs is 2. The molecule has 0 saturated carbocycles. The van der Waals surface area contributed by atoms with Gasteiger partial charge in [-0.05, 0) is 70.9 Å². The van der Waals surface area contributed by atoms with E-state index in [1.54, 1.807) is 43.9 Å². The Morgan fingerprint density at radius 3 is 2.75 bits per heavy atom. The van der Waals surface area contributed by atoms with Crippen LogP contribution in [0.3, 0.4) is 0 Å². The van der Waals surface area contributed by atoms with Crippen LogP contribution in [0, 0.1) is 0 Å². The van der Waals surface area contributed by atoms with E-state index >= 15 is 0 Å². The van der Waals surface area contributed by atoms with Crippen LogP contribution in [0.5, 0.6) is 0 Å². The minimum atomic E-state index is -0.596. The van der Waals surface area contributed by atoms with Gasteiger partial charge in [-0.3, -0.25) is 4.79 Å². The van der Waals surface area contributed by atoms with Crippen molar-refractivity contribution in [2.45, 2.75) is 58.2 Å². The predicted molar refractivity (Wildman–Crippen MR) is 156 cm³/mol. The summed E-state index contributed by atoms with van der Waals surface area (Å²) in [6, 6.07) is 8.53. The van der Waals surface area contributed by atoms with E-state index in [1.807, 2.05) is 19.1 Å². The van der Waals surface area contributed by atoms with Gasteiger partial charge in [-0.15, -0.1) is 0 Å². The average molecular weight is 585 g/mol. The molecular formula is C28H31Cl2N7O3. The van der Waals surface area contributed by atoms with Gasteiger partial charge in [0.2, 0.25) is 0 Å². The number of imidazole rings is 1. The molecule has 1 aliphatic rings. The molecule has 0 spiro atoms. The zero-order valence-electron chi connectivity index (χ0n) is 22.7. The molecule has 0 aliphatic carbocycles. The van der Waals surface area contributed by atoms with E-state index in [0.29, 0.717) is 45.4 Å². The molecule has 12 heteroatoms. The minimum absolute atomic E-state index is 0.158. The number of halogens is 2. The highest BCUT2D eigenvalue weighted by Crippen LogP contribution is 2.31. The second-order valence-corrected chi connectivity index (χ2v) is 11.7. The number of aromatic amines is 1. The summed E-state index contributed by atoms with van der Waals surface area (Å²) in [5, 5.41) is 7.75. The summed E-state index contributed by atoms with van der Waals surface area (Å²) in [5.74, 6) is 1.09. The first-order valence-electron chi connectivity index (χ1n) is 13.1. The fraction of sp³-hybridized carbons (Fsp3) is 0.393. The highest BCUT2D eigenvalue weighted by Gasteiger charge is 2.31. The van der Waals surface area contributed by atoms with E-state index in [0.717, 1.165) is 29.7 Å².